The van der Waals surface area contributed by atoms with Crippen LogP contribution in [-0.2, 0) is 9.59 Å². The first-order valence-corrected chi connectivity index (χ1v) is 7.72. The van der Waals surface area contributed by atoms with E-state index >= 15 is 0 Å². The van der Waals surface area contributed by atoms with Gasteiger partial charge in [-0.15, -0.1) is 0 Å². The number of phenols is 1. The van der Waals surface area contributed by atoms with Crippen molar-refractivity contribution in [3.8, 4) is 5.75 Å². The van der Waals surface area contributed by atoms with E-state index in [1.165, 1.54) is 0 Å². The van der Waals surface area contributed by atoms with Gasteiger partial charge in [-0.05, 0) is 48.4 Å². The Bertz CT molecular complexity index is 611. The van der Waals surface area contributed by atoms with Gasteiger partial charge < -0.3 is 5.11 Å². The summed E-state index contributed by atoms with van der Waals surface area (Å²) in [7, 11) is 0. The number of rotatable bonds is 2. The molecular formula is C18H22O3. The Morgan fingerprint density at radius 3 is 2.43 bits per heavy atom. The van der Waals surface area contributed by atoms with Crippen molar-refractivity contribution in [2.24, 2.45) is 11.3 Å². The lowest BCUT2D eigenvalue weighted by Crippen LogP contribution is -2.43. The Morgan fingerprint density at radius 1 is 1.14 bits per heavy atom. The summed E-state index contributed by atoms with van der Waals surface area (Å²) >= 11 is 0. The lowest BCUT2D eigenvalue weighted by Gasteiger charge is -2.37. The lowest BCUT2D eigenvalue weighted by molar-refractivity contribution is -0.142. The van der Waals surface area contributed by atoms with Crippen molar-refractivity contribution in [1.82, 2.24) is 0 Å². The summed E-state index contributed by atoms with van der Waals surface area (Å²) in [4.78, 5) is 25.4. The highest BCUT2D eigenvalue weighted by atomic mass is 16.3. The first kappa shape index (κ1) is 14.3. The summed E-state index contributed by atoms with van der Waals surface area (Å²) in [6, 6.07) is 5.17. The van der Waals surface area contributed by atoms with Crippen LogP contribution in [0.1, 0.15) is 63.0 Å². The van der Waals surface area contributed by atoms with Crippen LogP contribution in [0.2, 0.25) is 0 Å². The topological polar surface area (TPSA) is 54.4 Å². The maximum Gasteiger partial charge on any atom is 0.153 e. The van der Waals surface area contributed by atoms with E-state index in [-0.39, 0.29) is 23.2 Å². The van der Waals surface area contributed by atoms with Gasteiger partial charge in [0.15, 0.2) is 11.6 Å². The Balaban J connectivity index is 2.11. The molecule has 21 heavy (non-hydrogen) atoms. The molecule has 3 heteroatoms. The third kappa shape index (κ3) is 2.39. The van der Waals surface area contributed by atoms with Crippen LogP contribution in [-0.4, -0.2) is 16.7 Å². The minimum atomic E-state index is -0.702. The highest BCUT2D eigenvalue weighted by molar-refractivity contribution is 6.12. The Kier molecular flexibility index (Phi) is 3.19. The Morgan fingerprint density at radius 2 is 1.81 bits per heavy atom. The predicted molar refractivity (Wildman–Crippen MR) is 80.4 cm³/mol. The maximum atomic E-state index is 12.8. The van der Waals surface area contributed by atoms with Gasteiger partial charge in [0.05, 0.1) is 0 Å². The maximum absolute atomic E-state index is 12.8. The van der Waals surface area contributed by atoms with E-state index in [2.05, 4.69) is 0 Å². The SMILES string of the molecule is CC1CC(C)(C)C(=O)C(c2cc(O)ccc2C2CC2)C1=O. The largest absolute Gasteiger partial charge is 0.508 e. The monoisotopic (exact) mass is 286 g/mol. The smallest absolute Gasteiger partial charge is 0.153 e. The normalized spacial score (nSPS) is 28.7. The molecule has 2 saturated carbocycles. The standard InChI is InChI=1S/C18H22O3/c1-10-9-18(2,3)17(21)15(16(10)20)14-8-12(19)6-7-13(14)11-4-5-11/h6-8,10-11,15,19H,4-5,9H2,1-3H3. The number of phenolic OH excluding ortho intramolecular Hbond substituents is 1. The van der Waals surface area contributed by atoms with Crippen LogP contribution >= 0.6 is 0 Å². The second-order valence-electron chi connectivity index (χ2n) is 7.28. The zero-order valence-corrected chi connectivity index (χ0v) is 12.8. The van der Waals surface area contributed by atoms with Crippen molar-refractivity contribution in [3.63, 3.8) is 0 Å². The zero-order valence-electron chi connectivity index (χ0n) is 12.8. The molecule has 0 aromatic heterocycles. The molecule has 0 aliphatic heterocycles. The van der Waals surface area contributed by atoms with Gasteiger partial charge in [0.2, 0.25) is 0 Å². The van der Waals surface area contributed by atoms with E-state index < -0.39 is 11.3 Å². The van der Waals surface area contributed by atoms with E-state index in [9.17, 15) is 14.7 Å². The molecule has 3 rings (SSSR count). The quantitative estimate of drug-likeness (QED) is 0.846. The predicted octanol–water partition coefficient (Wildman–Crippen LogP) is 3.56. The van der Waals surface area contributed by atoms with Crippen molar-refractivity contribution in [2.75, 3.05) is 0 Å². The highest BCUT2D eigenvalue weighted by Crippen LogP contribution is 2.48. The van der Waals surface area contributed by atoms with Crippen LogP contribution in [0.4, 0.5) is 0 Å². The second-order valence-corrected chi connectivity index (χ2v) is 7.28. The first-order chi connectivity index (χ1) is 9.81. The van der Waals surface area contributed by atoms with Gasteiger partial charge in [-0.1, -0.05) is 26.8 Å². The number of carbonyl (C=O) groups is 2. The summed E-state index contributed by atoms with van der Waals surface area (Å²) < 4.78 is 0. The van der Waals surface area contributed by atoms with Crippen LogP contribution in [0.3, 0.4) is 0 Å². The number of benzene rings is 1. The molecule has 1 N–H and O–H groups in total. The van der Waals surface area contributed by atoms with Crippen LogP contribution in [0.15, 0.2) is 18.2 Å². The van der Waals surface area contributed by atoms with Crippen LogP contribution in [0, 0.1) is 11.3 Å². The molecule has 2 unspecified atom stereocenters. The fraction of sp³-hybridized carbons (Fsp3) is 0.556. The number of hydrogen-bond donors (Lipinski definition) is 1. The lowest BCUT2D eigenvalue weighted by atomic mass is 9.64. The second kappa shape index (κ2) is 4.69. The van der Waals surface area contributed by atoms with Crippen molar-refractivity contribution in [3.05, 3.63) is 29.3 Å². The van der Waals surface area contributed by atoms with Gasteiger partial charge in [0.1, 0.15) is 11.7 Å². The average molecular weight is 286 g/mol. The van der Waals surface area contributed by atoms with Crippen LogP contribution < -0.4 is 0 Å². The number of aromatic hydroxyl groups is 1. The van der Waals surface area contributed by atoms with Crippen molar-refractivity contribution in [2.45, 2.75) is 51.9 Å². The van der Waals surface area contributed by atoms with E-state index in [0.29, 0.717) is 12.3 Å². The van der Waals surface area contributed by atoms with E-state index in [1.807, 2.05) is 26.8 Å². The van der Waals surface area contributed by atoms with Crippen molar-refractivity contribution in [1.29, 1.82) is 0 Å². The van der Waals surface area contributed by atoms with E-state index in [4.69, 9.17) is 0 Å². The van der Waals surface area contributed by atoms with Gasteiger partial charge >= 0.3 is 0 Å². The Hall–Kier alpha value is -1.64. The fourth-order valence-corrected chi connectivity index (χ4v) is 3.64. The third-order valence-electron chi connectivity index (χ3n) is 4.91. The third-order valence-corrected chi connectivity index (χ3v) is 4.91. The molecule has 0 saturated heterocycles. The number of carbonyl (C=O) groups excluding carboxylic acids is 2. The summed E-state index contributed by atoms with van der Waals surface area (Å²) in [6.45, 7) is 5.75. The molecule has 2 atom stereocenters. The highest BCUT2D eigenvalue weighted by Gasteiger charge is 2.47. The summed E-state index contributed by atoms with van der Waals surface area (Å²) in [5, 5.41) is 9.82. The van der Waals surface area contributed by atoms with Gasteiger partial charge in [0, 0.05) is 11.3 Å². The number of ketones is 2. The molecule has 2 fully saturated rings. The molecule has 0 spiro atoms. The molecule has 112 valence electrons. The van der Waals surface area contributed by atoms with Crippen LogP contribution in [0.5, 0.6) is 5.75 Å². The molecule has 3 nitrogen and oxygen atoms in total. The molecule has 0 bridgehead atoms. The van der Waals surface area contributed by atoms with E-state index in [0.717, 1.165) is 24.0 Å². The van der Waals surface area contributed by atoms with Crippen LogP contribution in [0.25, 0.3) is 0 Å². The molecule has 2 aliphatic carbocycles. The summed E-state index contributed by atoms with van der Waals surface area (Å²) in [6.07, 6.45) is 2.82. The van der Waals surface area contributed by atoms with Gasteiger partial charge in [-0.3, -0.25) is 9.59 Å². The molecule has 0 amide bonds. The first-order valence-electron chi connectivity index (χ1n) is 7.72. The minimum Gasteiger partial charge on any atom is -0.508 e. The molecule has 0 radical (unpaired) electrons. The number of Topliss-reactive ketones (excluding diaryl/α,β-unsaturated/α-hetero) is 2. The Labute approximate surface area is 125 Å². The van der Waals surface area contributed by atoms with Gasteiger partial charge in [-0.2, -0.15) is 0 Å². The fourth-order valence-electron chi connectivity index (χ4n) is 3.64. The van der Waals surface area contributed by atoms with Gasteiger partial charge in [0.25, 0.3) is 0 Å². The molecule has 1 aromatic rings. The van der Waals surface area contributed by atoms with E-state index in [1.54, 1.807) is 12.1 Å². The van der Waals surface area contributed by atoms with Gasteiger partial charge in [-0.25, -0.2) is 0 Å². The molecule has 0 heterocycles. The summed E-state index contributed by atoms with van der Waals surface area (Å²) in [5.41, 5.74) is 1.33. The number of hydrogen-bond acceptors (Lipinski definition) is 3. The van der Waals surface area contributed by atoms with Crippen molar-refractivity contribution >= 4 is 11.6 Å². The zero-order chi connectivity index (χ0) is 15.4. The molecule has 1 aromatic carbocycles. The summed E-state index contributed by atoms with van der Waals surface area (Å²) in [5.74, 6) is -0.235. The molecule has 2 aliphatic rings. The molecular weight excluding hydrogens is 264 g/mol. The minimum absolute atomic E-state index is 0.00176. The average Bonchev–Trinajstić information content (AvgIpc) is 3.21. The van der Waals surface area contributed by atoms with Crippen molar-refractivity contribution < 1.29 is 14.7 Å².